The average Bonchev–Trinajstić information content (AvgIpc) is 2.86. The fourth-order valence-electron chi connectivity index (χ4n) is 5.19. The average molecular weight is 524 g/mol. The number of carbonyl (C=O) groups is 1. The molecule has 2 atom stereocenters. The molecule has 1 saturated heterocycles. The number of nitrogens with zero attached hydrogens (tertiary/aromatic N) is 3. The van der Waals surface area contributed by atoms with E-state index in [0.29, 0.717) is 22.8 Å². The van der Waals surface area contributed by atoms with E-state index in [0.717, 1.165) is 45.4 Å². The van der Waals surface area contributed by atoms with Crippen molar-refractivity contribution in [1.82, 2.24) is 14.5 Å². The lowest BCUT2D eigenvalue weighted by Crippen LogP contribution is -2.44. The van der Waals surface area contributed by atoms with Crippen LogP contribution in [0.15, 0.2) is 17.0 Å². The van der Waals surface area contributed by atoms with Gasteiger partial charge in [0.15, 0.2) is 13.1 Å². The van der Waals surface area contributed by atoms with E-state index >= 15 is 0 Å². The van der Waals surface area contributed by atoms with E-state index in [1.54, 1.807) is 33.1 Å². The number of piperazine rings is 1. The lowest BCUT2D eigenvalue weighted by Gasteiger charge is -2.33. The first-order valence-corrected chi connectivity index (χ1v) is 14.3. The molecule has 0 spiro atoms. The Bertz CT molecular complexity index is 1010. The van der Waals surface area contributed by atoms with Gasteiger partial charge in [-0.15, -0.1) is 0 Å². The normalized spacial score (nSPS) is 20.9. The fourth-order valence-corrected chi connectivity index (χ4v) is 6.74. The van der Waals surface area contributed by atoms with Gasteiger partial charge in [-0.3, -0.25) is 4.79 Å². The van der Waals surface area contributed by atoms with E-state index in [1.165, 1.54) is 17.8 Å². The van der Waals surface area contributed by atoms with Crippen LogP contribution in [0, 0.1) is 19.8 Å². The summed E-state index contributed by atoms with van der Waals surface area (Å²) in [6, 6.07) is 3.65. The topological polar surface area (TPSA) is 91.2 Å². The van der Waals surface area contributed by atoms with Gasteiger partial charge in [-0.2, -0.15) is 4.31 Å². The summed E-state index contributed by atoms with van der Waals surface area (Å²) in [5.74, 6) is 1.07. The molecule has 0 radical (unpaired) electrons. The number of benzene rings is 1. The first kappa shape index (κ1) is 28.6. The largest absolute Gasteiger partial charge is 0.497 e. The number of likely N-dealkylation sites (N-methyl/N-ethyl adjacent to an activating group) is 2. The maximum Gasteiger partial charge on any atom is 0.248 e. The zero-order valence-corrected chi connectivity index (χ0v) is 23.3. The Morgan fingerprint density at radius 1 is 1.17 bits per heavy atom. The number of hydrogen-bond donors (Lipinski definition) is 1. The second kappa shape index (κ2) is 13.0. The van der Waals surface area contributed by atoms with Gasteiger partial charge in [0.05, 0.1) is 31.7 Å². The number of rotatable bonds is 10. The van der Waals surface area contributed by atoms with Gasteiger partial charge in [0.25, 0.3) is 0 Å². The molecule has 2 fully saturated rings. The van der Waals surface area contributed by atoms with Crippen molar-refractivity contribution in [3.05, 3.63) is 23.3 Å². The number of carbonyl (C=O) groups excluding carboxylic acids is 1. The van der Waals surface area contributed by atoms with Crippen LogP contribution in [-0.4, -0.2) is 108 Å². The zero-order chi connectivity index (χ0) is 26.3. The predicted molar refractivity (Wildman–Crippen MR) is 141 cm³/mol. The van der Waals surface area contributed by atoms with Gasteiger partial charge < -0.3 is 19.7 Å². The minimum atomic E-state index is -3.69. The first-order chi connectivity index (χ1) is 17.1. The molecular formula is C26H43N4O5S+. The van der Waals surface area contributed by atoms with Crippen molar-refractivity contribution in [2.24, 2.45) is 5.92 Å². The van der Waals surface area contributed by atoms with Gasteiger partial charge in [0.1, 0.15) is 18.6 Å². The van der Waals surface area contributed by atoms with Gasteiger partial charge in [-0.05, 0) is 56.4 Å². The Balaban J connectivity index is 1.47. The van der Waals surface area contributed by atoms with Crippen LogP contribution >= 0.6 is 0 Å². The molecule has 1 N–H and O–H groups in total. The van der Waals surface area contributed by atoms with Crippen LogP contribution in [0.2, 0.25) is 0 Å². The summed E-state index contributed by atoms with van der Waals surface area (Å²) < 4.78 is 40.8. The molecule has 3 rings (SSSR count). The molecule has 2 aliphatic rings. The lowest BCUT2D eigenvalue weighted by molar-refractivity contribution is -0.530. The summed E-state index contributed by atoms with van der Waals surface area (Å²) in [4.78, 5) is 14.9. The van der Waals surface area contributed by atoms with Crippen molar-refractivity contribution in [3.63, 3.8) is 0 Å². The maximum absolute atomic E-state index is 13.1. The van der Waals surface area contributed by atoms with Crippen LogP contribution in [-0.2, 0) is 19.6 Å². The second-order valence-electron chi connectivity index (χ2n) is 9.99. The quantitative estimate of drug-likeness (QED) is 0.371. The zero-order valence-electron chi connectivity index (χ0n) is 22.5. The maximum atomic E-state index is 13.1. The first-order valence-electron chi connectivity index (χ1n) is 12.9. The molecule has 0 aromatic heterocycles. The van der Waals surface area contributed by atoms with Crippen molar-refractivity contribution in [2.75, 3.05) is 67.1 Å². The highest BCUT2D eigenvalue weighted by Crippen LogP contribution is 2.28. The number of ether oxygens (including phenoxy) is 2. The third-order valence-electron chi connectivity index (χ3n) is 7.32. The molecule has 9 nitrogen and oxygen atoms in total. The van der Waals surface area contributed by atoms with Gasteiger partial charge >= 0.3 is 0 Å². The summed E-state index contributed by atoms with van der Waals surface area (Å²) >= 11 is 0. The molecule has 36 heavy (non-hydrogen) atoms. The summed E-state index contributed by atoms with van der Waals surface area (Å²) in [5.41, 5.74) is 1.27. The molecular weight excluding hydrogens is 480 g/mol. The van der Waals surface area contributed by atoms with Gasteiger partial charge in [0, 0.05) is 32.6 Å². The molecule has 0 bridgehead atoms. The van der Waals surface area contributed by atoms with Crippen LogP contribution in [0.1, 0.15) is 36.8 Å². The molecule has 10 heteroatoms. The summed E-state index contributed by atoms with van der Waals surface area (Å²) in [6.45, 7) is 7.93. The molecule has 1 saturated carbocycles. The molecule has 1 aliphatic carbocycles. The third kappa shape index (κ3) is 7.27. The highest BCUT2D eigenvalue weighted by atomic mass is 32.2. The van der Waals surface area contributed by atoms with E-state index in [1.807, 2.05) is 11.9 Å². The van der Waals surface area contributed by atoms with Crippen LogP contribution in [0.4, 0.5) is 0 Å². The van der Waals surface area contributed by atoms with Gasteiger partial charge in [0.2, 0.25) is 15.9 Å². The second-order valence-corrected chi connectivity index (χ2v) is 12.0. The predicted octanol–water partition coefficient (Wildman–Crippen LogP) is 1.65. The van der Waals surface area contributed by atoms with Crippen LogP contribution in [0.5, 0.6) is 5.75 Å². The summed E-state index contributed by atoms with van der Waals surface area (Å²) in [5, 5.41) is 3.38. The Morgan fingerprint density at radius 2 is 1.83 bits per heavy atom. The smallest absolute Gasteiger partial charge is 0.248 e. The van der Waals surface area contributed by atoms with Gasteiger partial charge in [-0.25, -0.2) is 13.0 Å². The van der Waals surface area contributed by atoms with Crippen molar-refractivity contribution < 1.29 is 27.3 Å². The number of methoxy groups -OCH3 is 1. The molecule has 1 aromatic carbocycles. The van der Waals surface area contributed by atoms with Crippen molar-refractivity contribution in [3.8, 4) is 5.75 Å². The number of hydrogen-bond acceptors (Lipinski definition) is 6. The fraction of sp³-hybridized carbons (Fsp3) is 0.692. The van der Waals surface area contributed by atoms with E-state index in [4.69, 9.17) is 9.47 Å². The van der Waals surface area contributed by atoms with Crippen LogP contribution < -0.4 is 10.1 Å². The minimum absolute atomic E-state index is 0.0480. The molecule has 2 unspecified atom stereocenters. The van der Waals surface area contributed by atoms with E-state index in [2.05, 4.69) is 16.1 Å². The minimum Gasteiger partial charge on any atom is -0.497 e. The van der Waals surface area contributed by atoms with Crippen molar-refractivity contribution >= 4 is 22.1 Å². The Labute approximate surface area is 216 Å². The van der Waals surface area contributed by atoms with E-state index in [9.17, 15) is 13.2 Å². The number of aryl methyl sites for hydroxylation is 2. The Morgan fingerprint density at radius 3 is 2.47 bits per heavy atom. The summed E-state index contributed by atoms with van der Waals surface area (Å²) in [7, 11) is 1.26. The Kier molecular flexibility index (Phi) is 10.3. The van der Waals surface area contributed by atoms with Crippen LogP contribution in [0.3, 0.4) is 0 Å². The summed E-state index contributed by atoms with van der Waals surface area (Å²) in [6.07, 6.45) is 6.66. The number of nitrogens with one attached hydrogen (secondary N) is 1. The Hall–Kier alpha value is -2.01. The third-order valence-corrected chi connectivity index (χ3v) is 9.48. The van der Waals surface area contributed by atoms with Gasteiger partial charge in [-0.1, -0.05) is 6.42 Å². The van der Waals surface area contributed by atoms with E-state index < -0.39 is 10.0 Å². The SMILES string of the molecule is COc1cc(C)c(S(=O)(=O)N(C)CCOCC(=O)N(C)C2CCCC(C=[N+]3CCNCC3)C2)c(C)c1. The molecule has 1 aliphatic heterocycles. The molecule has 1 amide bonds. The van der Waals surface area contributed by atoms with E-state index in [-0.39, 0.29) is 36.6 Å². The van der Waals surface area contributed by atoms with Crippen molar-refractivity contribution in [2.45, 2.75) is 50.5 Å². The molecule has 1 heterocycles. The van der Waals surface area contributed by atoms with Crippen molar-refractivity contribution in [1.29, 1.82) is 0 Å². The molecule has 1 aromatic rings. The molecule has 202 valence electrons. The highest BCUT2D eigenvalue weighted by molar-refractivity contribution is 7.89. The monoisotopic (exact) mass is 523 g/mol. The lowest BCUT2D eigenvalue weighted by atomic mass is 9.85. The number of amides is 1. The van der Waals surface area contributed by atoms with Crippen LogP contribution in [0.25, 0.3) is 0 Å². The highest BCUT2D eigenvalue weighted by Gasteiger charge is 2.29. The number of sulfonamides is 1. The standard InChI is InChI=1S/C26H43N4O5S/c1-20-15-24(34-5)16-21(2)26(20)36(32,33)28(3)13-14-35-19-25(31)29(4)23-8-6-7-22(17-23)18-30-11-9-27-10-12-30/h15-16,18,22-23,27H,6-14,17,19H2,1-5H3/q+1.